The molecule has 0 saturated carbocycles. The smallest absolute Gasteiger partial charge is 0.387 e. The zero-order chi connectivity index (χ0) is 15.4. The first-order valence-corrected chi connectivity index (χ1v) is 7.06. The first-order chi connectivity index (χ1) is 9.97. The van der Waals surface area contributed by atoms with Crippen LogP contribution in [0, 0.1) is 5.92 Å². The molecule has 3 atom stereocenters. The molecule has 1 aliphatic heterocycles. The number of ether oxygens (including phenoxy) is 1. The lowest BCUT2D eigenvalue weighted by Crippen LogP contribution is -2.55. The van der Waals surface area contributed by atoms with Gasteiger partial charge < -0.3 is 15.4 Å². The summed E-state index contributed by atoms with van der Waals surface area (Å²) in [5, 5.41) is 6.34. The summed E-state index contributed by atoms with van der Waals surface area (Å²) in [7, 11) is 0. The van der Waals surface area contributed by atoms with E-state index in [1.54, 1.807) is 0 Å². The quantitative estimate of drug-likeness (QED) is 0.890. The maximum atomic E-state index is 12.2. The summed E-state index contributed by atoms with van der Waals surface area (Å²) >= 11 is 0. The number of hydrogen-bond donors (Lipinski definition) is 2. The molecule has 0 radical (unpaired) electrons. The summed E-state index contributed by atoms with van der Waals surface area (Å²) < 4.78 is 28.4. The van der Waals surface area contributed by atoms with Crippen molar-refractivity contribution in [2.75, 3.05) is 6.54 Å². The molecule has 0 spiro atoms. The highest BCUT2D eigenvalue weighted by molar-refractivity contribution is 5.94. The number of carbonyl (C=O) groups is 1. The Morgan fingerprint density at radius 2 is 1.95 bits per heavy atom. The first-order valence-electron chi connectivity index (χ1n) is 7.06. The van der Waals surface area contributed by atoms with Crippen LogP contribution in [0.1, 0.15) is 30.6 Å². The van der Waals surface area contributed by atoms with Crippen molar-refractivity contribution in [3.63, 3.8) is 0 Å². The third-order valence-corrected chi connectivity index (χ3v) is 3.86. The standard InChI is InChI=1S/C15H20F2N2O2.ClH/c1-9-7-8-18-10(2)13(9)19-14(20)11-3-5-12(6-4-11)21-15(16)17;/h3-6,9-10,13,15,18H,7-8H2,1-2H3,(H,19,20);1H. The average Bonchev–Trinajstić information content (AvgIpc) is 2.43. The van der Waals surface area contributed by atoms with Gasteiger partial charge in [0.15, 0.2) is 0 Å². The van der Waals surface area contributed by atoms with E-state index in [-0.39, 0.29) is 36.1 Å². The third-order valence-electron chi connectivity index (χ3n) is 3.86. The number of nitrogens with one attached hydrogen (secondary N) is 2. The number of halogens is 3. The fourth-order valence-corrected chi connectivity index (χ4v) is 2.63. The summed E-state index contributed by atoms with van der Waals surface area (Å²) in [4.78, 5) is 12.2. The van der Waals surface area contributed by atoms with E-state index >= 15 is 0 Å². The molecular weight excluding hydrogens is 314 g/mol. The van der Waals surface area contributed by atoms with Crippen LogP contribution in [0.2, 0.25) is 0 Å². The third kappa shape index (κ3) is 4.81. The minimum atomic E-state index is -2.86. The molecule has 124 valence electrons. The fraction of sp³-hybridized carbons (Fsp3) is 0.533. The van der Waals surface area contributed by atoms with Gasteiger partial charge in [-0.15, -0.1) is 12.4 Å². The predicted molar refractivity (Wildman–Crippen MR) is 82.8 cm³/mol. The summed E-state index contributed by atoms with van der Waals surface area (Å²) in [6, 6.07) is 5.97. The summed E-state index contributed by atoms with van der Waals surface area (Å²) in [5.41, 5.74) is 0.432. The Morgan fingerprint density at radius 3 is 2.50 bits per heavy atom. The molecule has 1 fully saturated rings. The number of rotatable bonds is 4. The van der Waals surface area contributed by atoms with Crippen LogP contribution in [0.25, 0.3) is 0 Å². The SMILES string of the molecule is CC1CCNC(C)C1NC(=O)c1ccc(OC(F)F)cc1.Cl. The Labute approximate surface area is 135 Å². The number of carbonyl (C=O) groups excluding carboxylic acids is 1. The van der Waals surface area contributed by atoms with Gasteiger partial charge in [0.05, 0.1) is 0 Å². The molecule has 1 aliphatic rings. The highest BCUT2D eigenvalue weighted by Crippen LogP contribution is 2.18. The van der Waals surface area contributed by atoms with Crippen LogP contribution in [0.3, 0.4) is 0 Å². The van der Waals surface area contributed by atoms with Crippen LogP contribution >= 0.6 is 12.4 Å². The minimum absolute atomic E-state index is 0. The van der Waals surface area contributed by atoms with Crippen molar-refractivity contribution in [1.82, 2.24) is 10.6 Å². The molecule has 22 heavy (non-hydrogen) atoms. The Bertz CT molecular complexity index is 475. The Kier molecular flexibility index (Phi) is 7.03. The van der Waals surface area contributed by atoms with Crippen molar-refractivity contribution in [2.45, 2.75) is 39.0 Å². The second-order valence-electron chi connectivity index (χ2n) is 5.41. The molecule has 1 aromatic carbocycles. The largest absolute Gasteiger partial charge is 0.435 e. The molecule has 0 aliphatic carbocycles. The highest BCUT2D eigenvalue weighted by atomic mass is 35.5. The summed E-state index contributed by atoms with van der Waals surface area (Å²) in [5.74, 6) is 0.236. The molecular formula is C15H21ClF2N2O2. The van der Waals surface area contributed by atoms with E-state index < -0.39 is 6.61 Å². The van der Waals surface area contributed by atoms with Crippen LogP contribution in [0.5, 0.6) is 5.75 Å². The van der Waals surface area contributed by atoms with Crippen molar-refractivity contribution in [3.05, 3.63) is 29.8 Å². The van der Waals surface area contributed by atoms with Gasteiger partial charge in [-0.05, 0) is 50.1 Å². The van der Waals surface area contributed by atoms with Crippen LogP contribution < -0.4 is 15.4 Å². The van der Waals surface area contributed by atoms with Crippen LogP contribution in [-0.4, -0.2) is 31.1 Å². The van der Waals surface area contributed by atoms with Crippen LogP contribution in [-0.2, 0) is 0 Å². The average molecular weight is 335 g/mol. The van der Waals surface area contributed by atoms with Gasteiger partial charge in [0.1, 0.15) is 5.75 Å². The lowest BCUT2D eigenvalue weighted by Gasteiger charge is -2.36. The number of benzene rings is 1. The zero-order valence-corrected chi connectivity index (χ0v) is 13.3. The van der Waals surface area contributed by atoms with E-state index in [1.807, 2.05) is 6.92 Å². The lowest BCUT2D eigenvalue weighted by atomic mass is 9.89. The molecule has 2 rings (SSSR count). The van der Waals surface area contributed by atoms with Crippen molar-refractivity contribution < 1.29 is 18.3 Å². The molecule has 1 amide bonds. The van der Waals surface area contributed by atoms with E-state index in [2.05, 4.69) is 22.3 Å². The maximum absolute atomic E-state index is 12.2. The summed E-state index contributed by atoms with van der Waals surface area (Å²) in [6.45, 7) is 2.25. The minimum Gasteiger partial charge on any atom is -0.435 e. The van der Waals surface area contributed by atoms with Gasteiger partial charge in [-0.25, -0.2) is 0 Å². The van der Waals surface area contributed by atoms with E-state index in [9.17, 15) is 13.6 Å². The number of piperidine rings is 1. The van der Waals surface area contributed by atoms with Gasteiger partial charge in [0.2, 0.25) is 0 Å². The molecule has 4 nitrogen and oxygen atoms in total. The van der Waals surface area contributed by atoms with Gasteiger partial charge >= 0.3 is 6.61 Å². The molecule has 7 heteroatoms. The monoisotopic (exact) mass is 334 g/mol. The van der Waals surface area contributed by atoms with E-state index in [4.69, 9.17) is 0 Å². The second kappa shape index (κ2) is 8.29. The summed E-state index contributed by atoms with van der Waals surface area (Å²) in [6.07, 6.45) is 1.01. The van der Waals surface area contributed by atoms with Crippen LogP contribution in [0.4, 0.5) is 8.78 Å². The lowest BCUT2D eigenvalue weighted by molar-refractivity contribution is -0.0498. The Morgan fingerprint density at radius 1 is 1.32 bits per heavy atom. The molecule has 0 aromatic heterocycles. The number of amides is 1. The molecule has 1 saturated heterocycles. The molecule has 3 unspecified atom stereocenters. The molecule has 0 bridgehead atoms. The van der Waals surface area contributed by atoms with Gasteiger partial charge in [0, 0.05) is 17.6 Å². The number of alkyl halides is 2. The van der Waals surface area contributed by atoms with Crippen molar-refractivity contribution >= 4 is 18.3 Å². The van der Waals surface area contributed by atoms with Crippen molar-refractivity contribution in [1.29, 1.82) is 0 Å². The second-order valence-corrected chi connectivity index (χ2v) is 5.41. The van der Waals surface area contributed by atoms with Gasteiger partial charge in [0.25, 0.3) is 5.91 Å². The van der Waals surface area contributed by atoms with E-state index in [1.165, 1.54) is 24.3 Å². The normalized spacial score (nSPS) is 24.5. The molecule has 1 heterocycles. The molecule has 1 aromatic rings. The topological polar surface area (TPSA) is 50.4 Å². The van der Waals surface area contributed by atoms with Crippen LogP contribution in [0.15, 0.2) is 24.3 Å². The Balaban J connectivity index is 0.00000242. The predicted octanol–water partition coefficient (Wildman–Crippen LogP) is 2.83. The van der Waals surface area contributed by atoms with Crippen molar-refractivity contribution in [3.8, 4) is 5.75 Å². The maximum Gasteiger partial charge on any atom is 0.387 e. The Hall–Kier alpha value is -1.40. The van der Waals surface area contributed by atoms with E-state index in [0.29, 0.717) is 11.5 Å². The first kappa shape index (κ1) is 18.6. The van der Waals surface area contributed by atoms with E-state index in [0.717, 1.165) is 13.0 Å². The number of hydrogen-bond acceptors (Lipinski definition) is 3. The fourth-order valence-electron chi connectivity index (χ4n) is 2.63. The van der Waals surface area contributed by atoms with Crippen molar-refractivity contribution in [2.24, 2.45) is 5.92 Å². The molecule has 2 N–H and O–H groups in total. The van der Waals surface area contributed by atoms with Gasteiger partial charge in [-0.1, -0.05) is 6.92 Å². The highest BCUT2D eigenvalue weighted by Gasteiger charge is 2.28. The van der Waals surface area contributed by atoms with Gasteiger partial charge in [-0.2, -0.15) is 8.78 Å². The van der Waals surface area contributed by atoms with Gasteiger partial charge in [-0.3, -0.25) is 4.79 Å². The zero-order valence-electron chi connectivity index (χ0n) is 12.5.